The van der Waals surface area contributed by atoms with Crippen molar-refractivity contribution in [2.45, 2.75) is 11.8 Å². The molecule has 0 amide bonds. The number of anilines is 4. The number of hydrogen-bond donors (Lipinski definition) is 2. The van der Waals surface area contributed by atoms with Crippen molar-refractivity contribution in [1.29, 1.82) is 0 Å². The monoisotopic (exact) mass is 524 g/mol. The van der Waals surface area contributed by atoms with E-state index in [1.54, 1.807) is 37.7 Å². The van der Waals surface area contributed by atoms with E-state index in [-0.39, 0.29) is 21.7 Å². The average molecular weight is 525 g/mol. The van der Waals surface area contributed by atoms with Crippen LogP contribution in [0.15, 0.2) is 72.0 Å². The lowest BCUT2D eigenvalue weighted by molar-refractivity contribution is 0.417. The van der Waals surface area contributed by atoms with Gasteiger partial charge in [0.2, 0.25) is 16.0 Å². The Bertz CT molecular complexity index is 1500. The highest BCUT2D eigenvalue weighted by Gasteiger charge is 2.22. The quantitative estimate of drug-likeness (QED) is 0.322. The number of nitrogens with one attached hydrogen (secondary N) is 2. The molecule has 186 valence electrons. The molecule has 0 aliphatic heterocycles. The number of hydrogen-bond acceptors (Lipinski definition) is 8. The number of nitrogens with zero attached hydrogens (tertiary/aromatic N) is 4. The molecule has 2 N–H and O–H groups in total. The zero-order valence-corrected chi connectivity index (χ0v) is 21.7. The first-order valence-electron chi connectivity index (χ1n) is 10.9. The number of methoxy groups -OCH3 is 1. The maximum absolute atomic E-state index is 12.8. The molecule has 0 unspecified atom stereocenters. The fourth-order valence-corrected chi connectivity index (χ4v) is 4.73. The van der Waals surface area contributed by atoms with Crippen LogP contribution < -0.4 is 15.4 Å². The average Bonchev–Trinajstić information content (AvgIpc) is 2.87. The van der Waals surface area contributed by atoms with Crippen LogP contribution in [0.4, 0.5) is 23.1 Å². The van der Waals surface area contributed by atoms with E-state index in [2.05, 4.69) is 25.6 Å². The van der Waals surface area contributed by atoms with Crippen molar-refractivity contribution >= 4 is 44.8 Å². The number of sulfonamides is 1. The number of benzene rings is 2. The minimum absolute atomic E-state index is 0.100. The molecule has 36 heavy (non-hydrogen) atoms. The molecule has 4 rings (SSSR count). The number of rotatable bonds is 8. The Morgan fingerprint density at radius 2 is 1.72 bits per heavy atom. The van der Waals surface area contributed by atoms with Crippen molar-refractivity contribution in [3.63, 3.8) is 0 Å². The maximum atomic E-state index is 12.8. The lowest BCUT2D eigenvalue weighted by Gasteiger charge is -2.17. The van der Waals surface area contributed by atoms with Gasteiger partial charge in [-0.2, -0.15) is 4.98 Å². The molecule has 9 nitrogen and oxygen atoms in total. The molecule has 0 saturated heterocycles. The van der Waals surface area contributed by atoms with Gasteiger partial charge in [0.1, 0.15) is 15.7 Å². The highest BCUT2D eigenvalue weighted by atomic mass is 35.5. The summed E-state index contributed by atoms with van der Waals surface area (Å²) in [6.45, 7) is 2.00. The molecule has 4 aromatic rings. The number of pyridine rings is 1. The maximum Gasteiger partial charge on any atom is 0.244 e. The summed E-state index contributed by atoms with van der Waals surface area (Å²) in [5.41, 5.74) is 4.05. The lowest BCUT2D eigenvalue weighted by atomic mass is 10.0. The largest absolute Gasteiger partial charge is 0.495 e. The van der Waals surface area contributed by atoms with Crippen LogP contribution in [0.5, 0.6) is 5.75 Å². The Hall–Kier alpha value is -3.73. The van der Waals surface area contributed by atoms with Crippen LogP contribution in [-0.4, -0.2) is 48.9 Å². The summed E-state index contributed by atoms with van der Waals surface area (Å²) in [4.78, 5) is 12.9. The third-order valence-corrected chi connectivity index (χ3v) is 7.58. The molecule has 0 aliphatic rings. The van der Waals surface area contributed by atoms with Crippen LogP contribution in [0.1, 0.15) is 5.56 Å². The molecule has 0 fully saturated rings. The lowest BCUT2D eigenvalue weighted by Crippen LogP contribution is -2.23. The van der Waals surface area contributed by atoms with Gasteiger partial charge in [-0.15, -0.1) is 0 Å². The zero-order valence-electron chi connectivity index (χ0n) is 20.2. The smallest absolute Gasteiger partial charge is 0.244 e. The Balaban J connectivity index is 1.67. The summed E-state index contributed by atoms with van der Waals surface area (Å²) in [6, 6.07) is 14.3. The van der Waals surface area contributed by atoms with Gasteiger partial charge < -0.3 is 15.4 Å². The van der Waals surface area contributed by atoms with Gasteiger partial charge in [-0.1, -0.05) is 23.7 Å². The topological polar surface area (TPSA) is 109 Å². The molecule has 0 spiro atoms. The van der Waals surface area contributed by atoms with Crippen LogP contribution >= 0.6 is 11.6 Å². The first-order chi connectivity index (χ1) is 17.2. The predicted octanol–water partition coefficient (Wildman–Crippen LogP) is 5.25. The van der Waals surface area contributed by atoms with Gasteiger partial charge in [0.05, 0.1) is 24.7 Å². The Morgan fingerprint density at radius 3 is 2.42 bits per heavy atom. The number of aryl methyl sites for hydroxylation is 1. The summed E-state index contributed by atoms with van der Waals surface area (Å²) in [7, 11) is 0.842. The van der Waals surface area contributed by atoms with E-state index in [4.69, 9.17) is 16.3 Å². The second-order valence-corrected chi connectivity index (χ2v) is 10.6. The first kappa shape index (κ1) is 25.4. The SMILES string of the molecule is COc1cc(-c2ccncc2)c(C)cc1Nc1ncc(Cl)c(Nc2ccccc2S(=O)(=O)N(C)C)n1. The normalized spacial score (nSPS) is 11.4. The van der Waals surface area contributed by atoms with Crippen LogP contribution in [0.25, 0.3) is 11.1 Å². The second-order valence-electron chi connectivity index (χ2n) is 8.03. The first-order valence-corrected chi connectivity index (χ1v) is 12.7. The third kappa shape index (κ3) is 5.25. The van der Waals surface area contributed by atoms with Gasteiger partial charge in [0.25, 0.3) is 0 Å². The molecule has 0 radical (unpaired) electrons. The van der Waals surface area contributed by atoms with E-state index >= 15 is 0 Å². The minimum Gasteiger partial charge on any atom is -0.495 e. The van der Waals surface area contributed by atoms with Gasteiger partial charge in [-0.3, -0.25) is 4.98 Å². The van der Waals surface area contributed by atoms with Crippen LogP contribution in [-0.2, 0) is 10.0 Å². The van der Waals surface area contributed by atoms with E-state index in [9.17, 15) is 8.42 Å². The van der Waals surface area contributed by atoms with E-state index in [0.717, 1.165) is 21.0 Å². The van der Waals surface area contributed by atoms with E-state index in [1.165, 1.54) is 26.4 Å². The van der Waals surface area contributed by atoms with Gasteiger partial charge in [-0.05, 0) is 60.0 Å². The standard InChI is InChI=1S/C25H25ClN6O3S/c1-16-13-21(22(35-4)14-18(16)17-9-11-27-12-10-17)30-25-28-15-19(26)24(31-25)29-20-7-5-6-8-23(20)36(33,34)32(2)3/h5-15H,1-4H3,(H2,28,29,30,31). The second kappa shape index (κ2) is 10.5. The van der Waals surface area contributed by atoms with Crippen LogP contribution in [0.3, 0.4) is 0 Å². The molecule has 0 bridgehead atoms. The molecular weight excluding hydrogens is 500 g/mol. The minimum atomic E-state index is -3.69. The Morgan fingerprint density at radius 1 is 1.00 bits per heavy atom. The predicted molar refractivity (Wildman–Crippen MR) is 142 cm³/mol. The summed E-state index contributed by atoms with van der Waals surface area (Å²) in [5.74, 6) is 1.10. The summed E-state index contributed by atoms with van der Waals surface area (Å²) in [5, 5.41) is 6.44. The molecule has 0 aliphatic carbocycles. The highest BCUT2D eigenvalue weighted by Crippen LogP contribution is 2.36. The molecule has 0 saturated carbocycles. The van der Waals surface area contributed by atoms with Crippen molar-refractivity contribution in [1.82, 2.24) is 19.3 Å². The molecule has 2 aromatic heterocycles. The molecule has 0 atom stereocenters. The van der Waals surface area contributed by atoms with Gasteiger partial charge in [0.15, 0.2) is 5.82 Å². The van der Waals surface area contributed by atoms with Crippen molar-refractivity contribution in [2.75, 3.05) is 31.8 Å². The number of aromatic nitrogens is 3. The van der Waals surface area contributed by atoms with Crippen molar-refractivity contribution in [3.8, 4) is 16.9 Å². The molecular formula is C25H25ClN6O3S. The summed E-state index contributed by atoms with van der Waals surface area (Å²) in [6.07, 6.45) is 4.92. The van der Waals surface area contributed by atoms with Crippen molar-refractivity contribution < 1.29 is 13.2 Å². The molecule has 2 heterocycles. The van der Waals surface area contributed by atoms with Gasteiger partial charge in [-0.25, -0.2) is 17.7 Å². The van der Waals surface area contributed by atoms with Crippen molar-refractivity contribution in [3.05, 3.63) is 77.7 Å². The molecule has 2 aromatic carbocycles. The molecule has 11 heteroatoms. The van der Waals surface area contributed by atoms with Crippen molar-refractivity contribution in [2.24, 2.45) is 0 Å². The van der Waals surface area contributed by atoms with Gasteiger partial charge >= 0.3 is 0 Å². The fourth-order valence-electron chi connectivity index (χ4n) is 3.55. The van der Waals surface area contributed by atoms with E-state index < -0.39 is 10.0 Å². The zero-order chi connectivity index (χ0) is 25.9. The highest BCUT2D eigenvalue weighted by molar-refractivity contribution is 7.89. The van der Waals surface area contributed by atoms with Gasteiger partial charge in [0, 0.05) is 26.5 Å². The third-order valence-electron chi connectivity index (χ3n) is 5.43. The number of ether oxygens (including phenoxy) is 1. The fraction of sp³-hybridized carbons (Fsp3) is 0.160. The summed E-state index contributed by atoms with van der Waals surface area (Å²) < 4.78 is 32.3. The number of para-hydroxylation sites is 1. The Kier molecular flexibility index (Phi) is 7.39. The van der Waals surface area contributed by atoms with Crippen LogP contribution in [0.2, 0.25) is 5.02 Å². The number of halogens is 1. The van der Waals surface area contributed by atoms with E-state index in [1.807, 2.05) is 31.2 Å². The van der Waals surface area contributed by atoms with Crippen LogP contribution in [0, 0.1) is 6.92 Å². The summed E-state index contributed by atoms with van der Waals surface area (Å²) >= 11 is 6.35. The Labute approximate surface area is 215 Å². The van der Waals surface area contributed by atoms with E-state index in [0.29, 0.717) is 17.1 Å².